The number of carbonyl (C=O) groups is 1. The van der Waals surface area contributed by atoms with Gasteiger partial charge in [0.15, 0.2) is 5.43 Å². The first-order valence-electron chi connectivity index (χ1n) is 4.75. The summed E-state index contributed by atoms with van der Waals surface area (Å²) in [5, 5.41) is 17.9. The Bertz CT molecular complexity index is 666. The topological polar surface area (TPSA) is 87.7 Å². The highest BCUT2D eigenvalue weighted by molar-refractivity contribution is 5.89. The van der Waals surface area contributed by atoms with Gasteiger partial charge in [-0.05, 0) is 12.1 Å². The molecule has 1 heterocycles. The molecular weight excluding hydrogens is 224 g/mol. The van der Waals surface area contributed by atoms with E-state index >= 15 is 0 Å². The van der Waals surface area contributed by atoms with Crippen molar-refractivity contribution in [1.82, 2.24) is 0 Å². The second-order valence-corrected chi connectivity index (χ2v) is 3.34. The van der Waals surface area contributed by atoms with Gasteiger partial charge in [-0.25, -0.2) is 4.79 Å². The van der Waals surface area contributed by atoms with Gasteiger partial charge in [0.1, 0.15) is 11.3 Å². The van der Waals surface area contributed by atoms with Crippen molar-refractivity contribution in [3.8, 4) is 0 Å². The molecule has 0 amide bonds. The van der Waals surface area contributed by atoms with Crippen molar-refractivity contribution in [2.45, 2.75) is 0 Å². The number of carboxylic acids is 1. The third-order valence-electron chi connectivity index (χ3n) is 2.15. The molecule has 5 heteroatoms. The van der Waals surface area contributed by atoms with Crippen LogP contribution in [0.3, 0.4) is 0 Å². The van der Waals surface area contributed by atoms with Crippen molar-refractivity contribution >= 4 is 23.0 Å². The fourth-order valence-electron chi connectivity index (χ4n) is 1.39. The maximum atomic E-state index is 11.6. The lowest BCUT2D eigenvalue weighted by Crippen LogP contribution is -2.02. The predicted octanol–water partition coefficient (Wildman–Crippen LogP) is 1.78. The minimum atomic E-state index is -1.49. The fourth-order valence-corrected chi connectivity index (χ4v) is 1.39. The third kappa shape index (κ3) is 2.17. The summed E-state index contributed by atoms with van der Waals surface area (Å²) < 4.78 is 5.26. The van der Waals surface area contributed by atoms with E-state index in [0.717, 1.165) is 12.1 Å². The van der Waals surface area contributed by atoms with E-state index in [1.54, 1.807) is 24.3 Å². The van der Waals surface area contributed by atoms with Crippen LogP contribution in [0.2, 0.25) is 0 Å². The lowest BCUT2D eigenvalue weighted by molar-refractivity contribution is -0.135. The van der Waals surface area contributed by atoms with Gasteiger partial charge in [-0.15, -0.1) is 0 Å². The number of aliphatic hydroxyl groups is 1. The lowest BCUT2D eigenvalue weighted by Gasteiger charge is -1.98. The van der Waals surface area contributed by atoms with E-state index in [1.165, 1.54) is 0 Å². The van der Waals surface area contributed by atoms with Gasteiger partial charge in [0.25, 0.3) is 0 Å². The van der Waals surface area contributed by atoms with E-state index in [0.29, 0.717) is 11.0 Å². The van der Waals surface area contributed by atoms with Gasteiger partial charge in [-0.2, -0.15) is 0 Å². The van der Waals surface area contributed by atoms with E-state index in [-0.39, 0.29) is 11.2 Å². The molecule has 0 atom stereocenters. The molecule has 0 fully saturated rings. The quantitative estimate of drug-likeness (QED) is 0.608. The molecule has 0 saturated heterocycles. The molecule has 2 N–H and O–H groups in total. The van der Waals surface area contributed by atoms with Crippen molar-refractivity contribution in [3.63, 3.8) is 0 Å². The number of para-hydroxylation sites is 1. The Morgan fingerprint density at radius 3 is 2.65 bits per heavy atom. The zero-order chi connectivity index (χ0) is 12.4. The number of hydrogen-bond acceptors (Lipinski definition) is 4. The number of aliphatic carboxylic acids is 1. The van der Waals surface area contributed by atoms with Crippen LogP contribution >= 0.6 is 0 Å². The highest BCUT2D eigenvalue weighted by Crippen LogP contribution is 2.13. The van der Waals surface area contributed by atoms with Gasteiger partial charge in [-0.3, -0.25) is 4.79 Å². The summed E-state index contributed by atoms with van der Waals surface area (Å²) in [5.74, 6) is -2.38. The maximum Gasteiger partial charge on any atom is 0.371 e. The van der Waals surface area contributed by atoms with E-state index in [1.807, 2.05) is 0 Å². The third-order valence-corrected chi connectivity index (χ3v) is 2.15. The summed E-state index contributed by atoms with van der Waals surface area (Å²) in [6, 6.07) is 7.71. The van der Waals surface area contributed by atoms with Gasteiger partial charge in [0, 0.05) is 12.1 Å². The van der Waals surface area contributed by atoms with E-state index in [9.17, 15) is 9.59 Å². The molecule has 1 aromatic carbocycles. The Balaban J connectivity index is 2.62. The molecule has 2 rings (SSSR count). The predicted molar refractivity (Wildman–Crippen MR) is 60.7 cm³/mol. The molecule has 0 aliphatic carbocycles. The summed E-state index contributed by atoms with van der Waals surface area (Å²) in [6.45, 7) is 0. The van der Waals surface area contributed by atoms with Gasteiger partial charge >= 0.3 is 5.97 Å². The van der Waals surface area contributed by atoms with Crippen LogP contribution in [0.25, 0.3) is 17.0 Å². The normalized spacial score (nSPS) is 11.6. The van der Waals surface area contributed by atoms with Crippen LogP contribution in [-0.4, -0.2) is 16.2 Å². The molecule has 86 valence electrons. The second kappa shape index (κ2) is 4.13. The van der Waals surface area contributed by atoms with Crippen molar-refractivity contribution in [2.75, 3.05) is 0 Å². The van der Waals surface area contributed by atoms with Gasteiger partial charge < -0.3 is 14.6 Å². The molecule has 0 aliphatic rings. The molecule has 0 saturated carbocycles. The number of hydrogen-bond donors (Lipinski definition) is 2. The number of rotatable bonds is 2. The molecule has 5 nitrogen and oxygen atoms in total. The van der Waals surface area contributed by atoms with Crippen molar-refractivity contribution in [2.24, 2.45) is 0 Å². The molecule has 0 bridgehead atoms. The second-order valence-electron chi connectivity index (χ2n) is 3.34. The minimum absolute atomic E-state index is 0.00593. The van der Waals surface area contributed by atoms with Crippen LogP contribution < -0.4 is 5.43 Å². The van der Waals surface area contributed by atoms with E-state index in [2.05, 4.69) is 0 Å². The molecule has 0 spiro atoms. The molecule has 0 unspecified atom stereocenters. The molecule has 0 aliphatic heterocycles. The van der Waals surface area contributed by atoms with Crippen LogP contribution in [-0.2, 0) is 4.79 Å². The first-order valence-corrected chi connectivity index (χ1v) is 4.75. The number of carboxylic acid groups (broad SMARTS) is 1. The molecular formula is C12H8O5. The molecule has 1 aromatic heterocycles. The molecule has 0 radical (unpaired) electrons. The van der Waals surface area contributed by atoms with Crippen LogP contribution in [0.15, 0.2) is 45.3 Å². The summed E-state index contributed by atoms with van der Waals surface area (Å²) in [7, 11) is 0. The fraction of sp³-hybridized carbons (Fsp3) is 0. The highest BCUT2D eigenvalue weighted by atomic mass is 16.4. The summed E-state index contributed by atoms with van der Waals surface area (Å²) in [5.41, 5.74) is 0.0423. The molecule has 2 aromatic rings. The van der Waals surface area contributed by atoms with Gasteiger partial charge in [0.2, 0.25) is 5.76 Å². The molecule has 17 heavy (non-hydrogen) atoms. The Hall–Kier alpha value is -2.56. The van der Waals surface area contributed by atoms with Crippen LogP contribution in [0.4, 0.5) is 0 Å². The lowest BCUT2D eigenvalue weighted by atomic mass is 10.2. The van der Waals surface area contributed by atoms with E-state index in [4.69, 9.17) is 14.6 Å². The maximum absolute atomic E-state index is 11.6. The summed E-state index contributed by atoms with van der Waals surface area (Å²) in [6.07, 6.45) is 0.885. The highest BCUT2D eigenvalue weighted by Gasteiger charge is 2.07. The monoisotopic (exact) mass is 232 g/mol. The zero-order valence-corrected chi connectivity index (χ0v) is 8.58. The number of benzene rings is 1. The van der Waals surface area contributed by atoms with Crippen LogP contribution in [0.1, 0.15) is 5.76 Å². The average molecular weight is 232 g/mol. The number of aliphatic hydroxyl groups excluding tert-OH is 1. The zero-order valence-electron chi connectivity index (χ0n) is 8.58. The summed E-state index contributed by atoms with van der Waals surface area (Å²) >= 11 is 0. The standard InChI is InChI=1S/C12H8O5/c13-9-5-7(6-10(14)12(15)16)17-11-4-2-1-3-8(9)11/h1-6,14H,(H,15,16)/b10-6-. The van der Waals surface area contributed by atoms with E-state index < -0.39 is 11.7 Å². The van der Waals surface area contributed by atoms with Crippen molar-refractivity contribution in [1.29, 1.82) is 0 Å². The number of fused-ring (bicyclic) bond motifs is 1. The van der Waals surface area contributed by atoms with Crippen LogP contribution in [0, 0.1) is 0 Å². The summed E-state index contributed by atoms with van der Waals surface area (Å²) in [4.78, 5) is 22.0. The average Bonchev–Trinajstić information content (AvgIpc) is 2.29. The SMILES string of the molecule is O=C(O)/C(O)=C/c1cc(=O)c2ccccc2o1. The smallest absolute Gasteiger partial charge is 0.371 e. The van der Waals surface area contributed by atoms with Crippen molar-refractivity contribution in [3.05, 3.63) is 52.1 Å². The van der Waals surface area contributed by atoms with Crippen LogP contribution in [0.5, 0.6) is 0 Å². The Morgan fingerprint density at radius 2 is 1.94 bits per heavy atom. The Kier molecular flexibility index (Phi) is 2.66. The minimum Gasteiger partial charge on any atom is -0.502 e. The first kappa shape index (κ1) is 10.9. The van der Waals surface area contributed by atoms with Gasteiger partial charge in [0.05, 0.1) is 5.39 Å². The largest absolute Gasteiger partial charge is 0.502 e. The van der Waals surface area contributed by atoms with Crippen molar-refractivity contribution < 1.29 is 19.4 Å². The Morgan fingerprint density at radius 1 is 1.24 bits per heavy atom. The Labute approximate surface area is 95.2 Å². The van der Waals surface area contributed by atoms with Gasteiger partial charge in [-0.1, -0.05) is 12.1 Å². The first-order chi connectivity index (χ1) is 8.08.